The van der Waals surface area contributed by atoms with E-state index >= 15 is 0 Å². The first-order valence-electron chi connectivity index (χ1n) is 7.87. The van der Waals surface area contributed by atoms with Gasteiger partial charge in [-0.15, -0.1) is 0 Å². The summed E-state index contributed by atoms with van der Waals surface area (Å²) < 4.78 is 10.7. The van der Waals surface area contributed by atoms with Crippen molar-refractivity contribution < 1.29 is 24.2 Å². The molecule has 136 valence electrons. The molecule has 8 heteroatoms. The van der Waals surface area contributed by atoms with E-state index in [9.17, 15) is 14.7 Å². The Kier molecular flexibility index (Phi) is 5.94. The second-order valence-corrected chi connectivity index (χ2v) is 6.25. The fourth-order valence-corrected chi connectivity index (χ4v) is 3.27. The summed E-state index contributed by atoms with van der Waals surface area (Å²) in [7, 11) is 1.30. The van der Waals surface area contributed by atoms with Gasteiger partial charge in [0, 0.05) is 12.2 Å². The van der Waals surface area contributed by atoms with E-state index in [1.54, 1.807) is 26.0 Å². The summed E-state index contributed by atoms with van der Waals surface area (Å²) in [6.45, 7) is 6.12. The number of rotatable bonds is 5. The van der Waals surface area contributed by atoms with Crippen molar-refractivity contribution in [2.24, 2.45) is 0 Å². The van der Waals surface area contributed by atoms with Crippen molar-refractivity contribution in [3.05, 3.63) is 33.4 Å². The number of carbonyl (C=O) groups excluding carboxylic acids is 2. The van der Waals surface area contributed by atoms with Crippen LogP contribution in [-0.2, 0) is 9.53 Å². The van der Waals surface area contributed by atoms with Gasteiger partial charge in [-0.3, -0.25) is 4.90 Å². The van der Waals surface area contributed by atoms with Crippen molar-refractivity contribution in [3.8, 4) is 11.5 Å². The molecule has 0 spiro atoms. The Morgan fingerprint density at radius 3 is 2.64 bits per heavy atom. The molecule has 1 aromatic rings. The summed E-state index contributed by atoms with van der Waals surface area (Å²) in [6.07, 6.45) is 0. The normalized spacial score (nSPS) is 17.4. The largest absolute Gasteiger partial charge is 0.503 e. The van der Waals surface area contributed by atoms with E-state index in [1.807, 2.05) is 6.92 Å². The number of carbonyl (C=O) groups is 2. The lowest BCUT2D eigenvalue weighted by Gasteiger charge is -2.34. The third-order valence-electron chi connectivity index (χ3n) is 4.00. The lowest BCUT2D eigenvalue weighted by molar-refractivity contribution is -0.136. The molecule has 0 bridgehead atoms. The second kappa shape index (κ2) is 7.77. The van der Waals surface area contributed by atoms with Gasteiger partial charge in [-0.2, -0.15) is 0 Å². The minimum Gasteiger partial charge on any atom is -0.503 e. The lowest BCUT2D eigenvalue weighted by atomic mass is 9.94. The van der Waals surface area contributed by atoms with Crippen LogP contribution in [0.15, 0.2) is 27.9 Å². The molecule has 1 unspecified atom stereocenters. The van der Waals surface area contributed by atoms with Crippen LogP contribution in [0.25, 0.3) is 0 Å². The maximum atomic E-state index is 12.4. The van der Waals surface area contributed by atoms with E-state index in [4.69, 9.17) is 9.47 Å². The van der Waals surface area contributed by atoms with Crippen LogP contribution in [0, 0.1) is 0 Å². The van der Waals surface area contributed by atoms with Gasteiger partial charge in [0.2, 0.25) is 0 Å². The molecule has 0 saturated heterocycles. The smallest absolute Gasteiger partial charge is 0.337 e. The van der Waals surface area contributed by atoms with Gasteiger partial charge in [0.25, 0.3) is 0 Å². The Bertz CT molecular complexity index is 732. The molecule has 0 aliphatic carbocycles. The summed E-state index contributed by atoms with van der Waals surface area (Å²) in [5.74, 6) is -0.299. The van der Waals surface area contributed by atoms with Gasteiger partial charge in [-0.1, -0.05) is 0 Å². The van der Waals surface area contributed by atoms with Gasteiger partial charge in [0.15, 0.2) is 11.5 Å². The third-order valence-corrected chi connectivity index (χ3v) is 4.61. The minimum absolute atomic E-state index is 0.0387. The highest BCUT2D eigenvalue weighted by atomic mass is 79.9. The molecular formula is C17H21BrN2O5. The van der Waals surface area contributed by atoms with E-state index < -0.39 is 12.0 Å². The Morgan fingerprint density at radius 2 is 2.08 bits per heavy atom. The highest BCUT2D eigenvalue weighted by molar-refractivity contribution is 9.10. The molecular weight excluding hydrogens is 392 g/mol. The zero-order chi connectivity index (χ0) is 18.7. The standard InChI is InChI=1S/C17H21BrN2O5/c1-5-20-9(3)13(16(22)24-4)14(19-17(20)23)10-7-11(18)15(21)12(8-10)25-6-2/h7-8,14,21H,5-6H2,1-4H3,(H,19,23). The average molecular weight is 413 g/mol. The topological polar surface area (TPSA) is 88.1 Å². The van der Waals surface area contributed by atoms with Gasteiger partial charge in [-0.05, 0) is 54.4 Å². The Balaban J connectivity index is 2.61. The lowest BCUT2D eigenvalue weighted by Crippen LogP contribution is -2.47. The number of amides is 2. The van der Waals surface area contributed by atoms with Gasteiger partial charge >= 0.3 is 12.0 Å². The number of ether oxygens (including phenoxy) is 2. The number of allylic oxidation sites excluding steroid dienone is 1. The Hall–Kier alpha value is -2.22. The monoisotopic (exact) mass is 412 g/mol. The predicted octanol–water partition coefficient (Wildman–Crippen LogP) is 3.09. The molecule has 2 rings (SSSR count). The number of nitrogens with one attached hydrogen (secondary N) is 1. The summed E-state index contributed by atoms with van der Waals surface area (Å²) >= 11 is 3.28. The molecule has 25 heavy (non-hydrogen) atoms. The van der Waals surface area contributed by atoms with Crippen LogP contribution in [0.1, 0.15) is 32.4 Å². The Morgan fingerprint density at radius 1 is 1.40 bits per heavy atom. The molecule has 1 aliphatic rings. The number of nitrogens with zero attached hydrogens (tertiary/aromatic N) is 1. The SMILES string of the molecule is CCOc1cc(C2NC(=O)N(CC)C(C)=C2C(=O)OC)cc(Br)c1O. The fraction of sp³-hybridized carbons (Fsp3) is 0.412. The van der Waals surface area contributed by atoms with Crippen molar-refractivity contribution in [2.45, 2.75) is 26.8 Å². The molecule has 1 heterocycles. The number of hydrogen-bond acceptors (Lipinski definition) is 5. The van der Waals surface area contributed by atoms with Crippen molar-refractivity contribution >= 4 is 27.9 Å². The quantitative estimate of drug-likeness (QED) is 0.725. The van der Waals surface area contributed by atoms with E-state index in [0.29, 0.717) is 34.5 Å². The molecule has 1 aromatic carbocycles. The average Bonchev–Trinajstić information content (AvgIpc) is 2.58. The van der Waals surface area contributed by atoms with Gasteiger partial charge < -0.3 is 19.9 Å². The second-order valence-electron chi connectivity index (χ2n) is 5.40. The number of halogens is 1. The number of phenols is 1. The number of esters is 1. The summed E-state index contributed by atoms with van der Waals surface area (Å²) in [5.41, 5.74) is 1.46. The zero-order valence-corrected chi connectivity index (χ0v) is 16.1. The van der Waals surface area contributed by atoms with E-state index in [1.165, 1.54) is 12.0 Å². The summed E-state index contributed by atoms with van der Waals surface area (Å²) in [5, 5.41) is 12.9. The molecule has 2 amide bonds. The van der Waals surface area contributed by atoms with Crippen LogP contribution in [0.5, 0.6) is 11.5 Å². The van der Waals surface area contributed by atoms with Crippen molar-refractivity contribution in [3.63, 3.8) is 0 Å². The predicted molar refractivity (Wildman–Crippen MR) is 95.3 cm³/mol. The van der Waals surface area contributed by atoms with Crippen molar-refractivity contribution in [1.82, 2.24) is 10.2 Å². The van der Waals surface area contributed by atoms with Crippen LogP contribution < -0.4 is 10.1 Å². The van der Waals surface area contributed by atoms with E-state index in [-0.39, 0.29) is 17.5 Å². The molecule has 0 saturated carbocycles. The molecule has 7 nitrogen and oxygen atoms in total. The van der Waals surface area contributed by atoms with Gasteiger partial charge in [0.1, 0.15) is 0 Å². The highest BCUT2D eigenvalue weighted by Crippen LogP contribution is 2.40. The fourth-order valence-electron chi connectivity index (χ4n) is 2.81. The van der Waals surface area contributed by atoms with Gasteiger partial charge in [-0.25, -0.2) is 9.59 Å². The van der Waals surface area contributed by atoms with Crippen molar-refractivity contribution in [2.75, 3.05) is 20.3 Å². The number of phenolic OH excluding ortho intramolecular Hbond substituents is 1. The molecule has 2 N–H and O–H groups in total. The van der Waals surface area contributed by atoms with Crippen LogP contribution in [0.4, 0.5) is 4.79 Å². The molecule has 1 aliphatic heterocycles. The number of urea groups is 1. The molecule has 1 atom stereocenters. The first-order chi connectivity index (χ1) is 11.8. The van der Waals surface area contributed by atoms with E-state index in [2.05, 4.69) is 21.2 Å². The number of hydrogen-bond donors (Lipinski definition) is 2. The third kappa shape index (κ3) is 3.58. The number of aromatic hydroxyl groups is 1. The first-order valence-corrected chi connectivity index (χ1v) is 8.67. The Labute approximate surface area is 154 Å². The van der Waals surface area contributed by atoms with E-state index in [0.717, 1.165) is 0 Å². The minimum atomic E-state index is -0.709. The molecule has 0 radical (unpaired) electrons. The van der Waals surface area contributed by atoms with Crippen LogP contribution in [-0.4, -0.2) is 42.3 Å². The zero-order valence-electron chi connectivity index (χ0n) is 14.6. The number of benzene rings is 1. The maximum Gasteiger partial charge on any atom is 0.337 e. The van der Waals surface area contributed by atoms with Crippen LogP contribution in [0.2, 0.25) is 0 Å². The maximum absolute atomic E-state index is 12.4. The van der Waals surface area contributed by atoms with Crippen LogP contribution in [0.3, 0.4) is 0 Å². The molecule has 0 fully saturated rings. The first kappa shape index (κ1) is 19.1. The van der Waals surface area contributed by atoms with Crippen molar-refractivity contribution in [1.29, 1.82) is 0 Å². The summed E-state index contributed by atoms with van der Waals surface area (Å²) in [6, 6.07) is 2.23. The number of methoxy groups -OCH3 is 1. The highest BCUT2D eigenvalue weighted by Gasteiger charge is 2.36. The van der Waals surface area contributed by atoms with Gasteiger partial charge in [0.05, 0.1) is 29.8 Å². The molecule has 0 aromatic heterocycles. The van der Waals surface area contributed by atoms with Crippen LogP contribution >= 0.6 is 15.9 Å². The summed E-state index contributed by atoms with van der Waals surface area (Å²) in [4.78, 5) is 26.2.